The highest BCUT2D eigenvalue weighted by Gasteiger charge is 2.03. The average molecular weight is 189 g/mol. The van der Waals surface area contributed by atoms with Crippen molar-refractivity contribution in [3.63, 3.8) is 0 Å². The molecule has 0 aliphatic rings. The minimum Gasteiger partial charge on any atom is -0.447 e. The zero-order valence-electron chi connectivity index (χ0n) is 5.86. The van der Waals surface area contributed by atoms with Crippen LogP contribution < -0.4 is 4.89 Å². The molecule has 0 radical (unpaired) electrons. The van der Waals surface area contributed by atoms with E-state index >= 15 is 0 Å². The van der Waals surface area contributed by atoms with Crippen molar-refractivity contribution in [3.05, 3.63) is 29.3 Å². The van der Waals surface area contributed by atoms with E-state index in [2.05, 4.69) is 9.78 Å². The molecule has 0 atom stereocenters. The van der Waals surface area contributed by atoms with Crippen molar-refractivity contribution in [2.75, 3.05) is 0 Å². The van der Waals surface area contributed by atoms with E-state index in [0.29, 0.717) is 5.02 Å². The Balaban J connectivity index is 2.63. The third-order valence-electron chi connectivity index (χ3n) is 1.04. The van der Waals surface area contributed by atoms with E-state index in [-0.39, 0.29) is 5.75 Å². The quantitative estimate of drug-likeness (QED) is 0.572. The highest BCUT2D eigenvalue weighted by molar-refractivity contribution is 6.32. The van der Waals surface area contributed by atoms with Gasteiger partial charge in [0.2, 0.25) is 0 Å². The SMILES string of the molecule is O=C(O)OOc1ccccc1Cl. The molecule has 0 aliphatic carbocycles. The van der Waals surface area contributed by atoms with E-state index in [1.807, 2.05) is 0 Å². The smallest absolute Gasteiger partial charge is 0.447 e. The minimum atomic E-state index is -1.52. The summed E-state index contributed by atoms with van der Waals surface area (Å²) in [5.74, 6) is 0.168. The summed E-state index contributed by atoms with van der Waals surface area (Å²) >= 11 is 5.61. The van der Waals surface area contributed by atoms with Crippen LogP contribution in [-0.2, 0) is 4.89 Å². The molecule has 12 heavy (non-hydrogen) atoms. The van der Waals surface area contributed by atoms with E-state index in [9.17, 15) is 4.79 Å². The lowest BCUT2D eigenvalue weighted by Crippen LogP contribution is -2.04. The maximum atomic E-state index is 9.89. The molecule has 0 saturated carbocycles. The third kappa shape index (κ3) is 2.32. The summed E-state index contributed by atoms with van der Waals surface area (Å²) in [6.45, 7) is 0. The first-order valence-electron chi connectivity index (χ1n) is 3.02. The maximum Gasteiger partial charge on any atom is 0.547 e. The van der Waals surface area contributed by atoms with Crippen LogP contribution in [0.3, 0.4) is 0 Å². The van der Waals surface area contributed by atoms with Gasteiger partial charge in [0.15, 0.2) is 5.75 Å². The lowest BCUT2D eigenvalue weighted by atomic mass is 10.3. The fourth-order valence-electron chi connectivity index (χ4n) is 0.593. The van der Waals surface area contributed by atoms with Crippen LogP contribution in [0.4, 0.5) is 4.79 Å². The van der Waals surface area contributed by atoms with Crippen molar-refractivity contribution in [2.24, 2.45) is 0 Å². The Bertz CT molecular complexity index is 286. The molecular formula is C7H5ClO4. The van der Waals surface area contributed by atoms with Crippen LogP contribution >= 0.6 is 11.6 Å². The molecule has 1 N–H and O–H groups in total. The average Bonchev–Trinajstić information content (AvgIpc) is 2.03. The van der Waals surface area contributed by atoms with Gasteiger partial charge in [0.25, 0.3) is 0 Å². The van der Waals surface area contributed by atoms with E-state index in [4.69, 9.17) is 16.7 Å². The molecule has 0 heterocycles. The Morgan fingerprint density at radius 1 is 1.42 bits per heavy atom. The topological polar surface area (TPSA) is 55.8 Å². The van der Waals surface area contributed by atoms with Crippen molar-refractivity contribution in [2.45, 2.75) is 0 Å². The van der Waals surface area contributed by atoms with Crippen molar-refractivity contribution >= 4 is 17.8 Å². The van der Waals surface area contributed by atoms with Crippen LogP contribution in [0.25, 0.3) is 0 Å². The third-order valence-corrected chi connectivity index (χ3v) is 1.35. The molecule has 0 bridgehead atoms. The summed E-state index contributed by atoms with van der Waals surface area (Å²) in [5, 5.41) is 8.37. The van der Waals surface area contributed by atoms with Crippen LogP contribution in [0.1, 0.15) is 0 Å². The van der Waals surface area contributed by atoms with Gasteiger partial charge in [-0.15, -0.1) is 0 Å². The predicted molar refractivity (Wildman–Crippen MR) is 41.2 cm³/mol. The van der Waals surface area contributed by atoms with Gasteiger partial charge in [-0.05, 0) is 12.1 Å². The fraction of sp³-hybridized carbons (Fsp3) is 0. The zero-order valence-corrected chi connectivity index (χ0v) is 6.62. The summed E-state index contributed by atoms with van der Waals surface area (Å²) in [4.78, 5) is 18.1. The fourth-order valence-corrected chi connectivity index (χ4v) is 0.760. The summed E-state index contributed by atoms with van der Waals surface area (Å²) in [5.41, 5.74) is 0. The first-order chi connectivity index (χ1) is 5.70. The number of halogens is 1. The van der Waals surface area contributed by atoms with Gasteiger partial charge >= 0.3 is 6.16 Å². The van der Waals surface area contributed by atoms with Gasteiger partial charge in [-0.3, -0.25) is 4.89 Å². The molecule has 0 saturated heterocycles. The Kier molecular flexibility index (Phi) is 2.76. The van der Waals surface area contributed by atoms with Gasteiger partial charge in [0, 0.05) is 0 Å². The van der Waals surface area contributed by atoms with E-state index in [0.717, 1.165) is 0 Å². The molecule has 1 rings (SSSR count). The van der Waals surface area contributed by atoms with Gasteiger partial charge in [-0.25, -0.2) is 9.68 Å². The number of hydrogen-bond acceptors (Lipinski definition) is 3. The van der Waals surface area contributed by atoms with Crippen LogP contribution in [-0.4, -0.2) is 11.3 Å². The van der Waals surface area contributed by atoms with Crippen molar-refractivity contribution < 1.29 is 19.7 Å². The second kappa shape index (κ2) is 3.82. The highest BCUT2D eigenvalue weighted by atomic mass is 35.5. The molecule has 0 aromatic heterocycles. The first kappa shape index (κ1) is 8.67. The second-order valence-corrected chi connectivity index (χ2v) is 2.27. The molecule has 0 aliphatic heterocycles. The van der Waals surface area contributed by atoms with Crippen molar-refractivity contribution in [1.82, 2.24) is 0 Å². The second-order valence-electron chi connectivity index (χ2n) is 1.86. The Morgan fingerprint density at radius 3 is 2.67 bits per heavy atom. The Labute approximate surface area is 73.2 Å². The number of rotatable bonds is 2. The first-order valence-corrected chi connectivity index (χ1v) is 3.40. The number of carboxylic acid groups (broad SMARTS) is 1. The van der Waals surface area contributed by atoms with Gasteiger partial charge in [-0.1, -0.05) is 23.7 Å². The van der Waals surface area contributed by atoms with Gasteiger partial charge in [-0.2, -0.15) is 0 Å². The molecular weight excluding hydrogens is 184 g/mol. The van der Waals surface area contributed by atoms with Crippen LogP contribution in [0.5, 0.6) is 5.75 Å². The van der Waals surface area contributed by atoms with Crippen molar-refractivity contribution in [1.29, 1.82) is 0 Å². The zero-order chi connectivity index (χ0) is 8.97. The van der Waals surface area contributed by atoms with Gasteiger partial charge in [0.05, 0.1) is 5.02 Å². The van der Waals surface area contributed by atoms with Crippen molar-refractivity contribution in [3.8, 4) is 5.75 Å². The van der Waals surface area contributed by atoms with Crippen LogP contribution in [0, 0.1) is 0 Å². The normalized spacial score (nSPS) is 9.08. The highest BCUT2D eigenvalue weighted by Crippen LogP contribution is 2.22. The predicted octanol–water partition coefficient (Wildman–Crippen LogP) is 2.33. The molecule has 0 unspecified atom stereocenters. The molecule has 0 spiro atoms. The number of carbonyl (C=O) groups is 1. The minimum absolute atomic E-state index is 0.168. The van der Waals surface area contributed by atoms with E-state index in [1.54, 1.807) is 18.2 Å². The number of hydrogen-bond donors (Lipinski definition) is 1. The Morgan fingerprint density at radius 2 is 2.08 bits per heavy atom. The summed E-state index contributed by atoms with van der Waals surface area (Å²) < 4.78 is 0. The molecule has 0 fully saturated rings. The molecule has 1 aromatic rings. The van der Waals surface area contributed by atoms with Gasteiger partial charge in [0.1, 0.15) is 0 Å². The van der Waals surface area contributed by atoms with E-state index < -0.39 is 6.16 Å². The van der Waals surface area contributed by atoms with E-state index in [1.165, 1.54) is 6.07 Å². The molecule has 0 amide bonds. The molecule has 64 valence electrons. The molecule has 4 nitrogen and oxygen atoms in total. The number of benzene rings is 1. The van der Waals surface area contributed by atoms with Gasteiger partial charge < -0.3 is 5.11 Å². The monoisotopic (exact) mass is 188 g/mol. The lowest BCUT2D eigenvalue weighted by molar-refractivity contribution is -0.160. The molecule has 1 aromatic carbocycles. The Hall–Kier alpha value is -1.42. The maximum absolute atomic E-state index is 9.89. The standard InChI is InChI=1S/C7H5ClO4/c8-5-3-1-2-4-6(5)11-12-7(9)10/h1-4H,(H,9,10). The van der Waals surface area contributed by atoms with Crippen LogP contribution in [0.15, 0.2) is 24.3 Å². The molecule has 5 heteroatoms. The summed E-state index contributed by atoms with van der Waals surface area (Å²) in [6, 6.07) is 6.38. The lowest BCUT2D eigenvalue weighted by Gasteiger charge is -2.01. The summed E-state index contributed by atoms with van der Waals surface area (Å²) in [6.07, 6.45) is -1.52. The summed E-state index contributed by atoms with van der Waals surface area (Å²) in [7, 11) is 0. The largest absolute Gasteiger partial charge is 0.547 e. The van der Waals surface area contributed by atoms with Crippen LogP contribution in [0.2, 0.25) is 5.02 Å². The number of para-hydroxylation sites is 1.